The zero-order valence-electron chi connectivity index (χ0n) is 12.4. The normalized spacial score (nSPS) is 10.8. The quantitative estimate of drug-likeness (QED) is 0.627. The third-order valence-corrected chi connectivity index (χ3v) is 3.65. The number of anilines is 1. The molecule has 1 N–H and O–H groups in total. The minimum Gasteiger partial charge on any atom is -0.366 e. The van der Waals surface area contributed by atoms with Gasteiger partial charge in [-0.15, -0.1) is 0 Å². The van der Waals surface area contributed by atoms with Crippen molar-refractivity contribution in [2.75, 3.05) is 5.32 Å². The molecule has 1 aromatic carbocycles. The summed E-state index contributed by atoms with van der Waals surface area (Å²) in [7, 11) is 0. The summed E-state index contributed by atoms with van der Waals surface area (Å²) in [6, 6.07) is 16.2. The third kappa shape index (κ3) is 2.76. The van der Waals surface area contributed by atoms with E-state index in [1.807, 2.05) is 53.2 Å². The lowest BCUT2D eigenvalue weighted by Crippen LogP contribution is -2.02. The van der Waals surface area contributed by atoms with Crippen molar-refractivity contribution in [3.63, 3.8) is 0 Å². The average molecular weight is 301 g/mol. The molecule has 0 aliphatic heterocycles. The van der Waals surface area contributed by atoms with Crippen LogP contribution in [0.2, 0.25) is 0 Å². The van der Waals surface area contributed by atoms with Crippen molar-refractivity contribution >= 4 is 11.5 Å². The number of aromatic nitrogens is 4. The molecule has 5 nitrogen and oxygen atoms in total. The monoisotopic (exact) mass is 301 g/mol. The highest BCUT2D eigenvalue weighted by Crippen LogP contribution is 2.20. The molecule has 3 heterocycles. The summed E-state index contributed by atoms with van der Waals surface area (Å²) in [5.74, 6) is 0.843. The zero-order valence-corrected chi connectivity index (χ0v) is 12.4. The lowest BCUT2D eigenvalue weighted by atomic mass is 10.2. The van der Waals surface area contributed by atoms with Gasteiger partial charge >= 0.3 is 0 Å². The average Bonchev–Trinajstić information content (AvgIpc) is 3.05. The van der Waals surface area contributed by atoms with Gasteiger partial charge in [0.25, 0.3) is 0 Å². The molecule has 0 aliphatic carbocycles. The Morgan fingerprint density at radius 3 is 2.78 bits per heavy atom. The van der Waals surface area contributed by atoms with Crippen LogP contribution in [0.4, 0.5) is 5.82 Å². The lowest BCUT2D eigenvalue weighted by Gasteiger charge is -2.07. The highest BCUT2D eigenvalue weighted by Gasteiger charge is 2.07. The van der Waals surface area contributed by atoms with Crippen molar-refractivity contribution in [3.05, 3.63) is 78.9 Å². The van der Waals surface area contributed by atoms with E-state index in [0.29, 0.717) is 0 Å². The molecule has 0 aliphatic rings. The number of benzene rings is 1. The molecule has 23 heavy (non-hydrogen) atoms. The minimum atomic E-state index is 0.744. The highest BCUT2D eigenvalue weighted by molar-refractivity contribution is 5.61. The van der Waals surface area contributed by atoms with Gasteiger partial charge in [0.05, 0.1) is 23.8 Å². The van der Waals surface area contributed by atoms with E-state index in [4.69, 9.17) is 0 Å². The number of hydrogen-bond acceptors (Lipinski definition) is 4. The molecule has 0 spiro atoms. The van der Waals surface area contributed by atoms with Crippen LogP contribution < -0.4 is 5.32 Å². The number of rotatable bonds is 4. The number of nitrogens with one attached hydrogen (secondary N) is 1. The number of pyridine rings is 1. The van der Waals surface area contributed by atoms with Crippen LogP contribution in [-0.4, -0.2) is 19.4 Å². The Morgan fingerprint density at radius 1 is 0.957 bits per heavy atom. The topological polar surface area (TPSA) is 55.1 Å². The molecular formula is C18H15N5. The lowest BCUT2D eigenvalue weighted by molar-refractivity contribution is 1.09. The van der Waals surface area contributed by atoms with Gasteiger partial charge in [0.15, 0.2) is 5.65 Å². The molecule has 112 valence electrons. The second-order valence-electron chi connectivity index (χ2n) is 5.20. The van der Waals surface area contributed by atoms with Gasteiger partial charge in [0, 0.05) is 18.9 Å². The number of hydrogen-bond donors (Lipinski definition) is 1. The molecule has 0 unspecified atom stereocenters. The van der Waals surface area contributed by atoms with Crippen LogP contribution in [0.25, 0.3) is 17.0 Å². The maximum atomic E-state index is 4.69. The predicted molar refractivity (Wildman–Crippen MR) is 90.0 cm³/mol. The second kappa shape index (κ2) is 5.88. The van der Waals surface area contributed by atoms with Crippen LogP contribution >= 0.6 is 0 Å². The third-order valence-electron chi connectivity index (χ3n) is 3.65. The first-order valence-corrected chi connectivity index (χ1v) is 7.42. The molecule has 4 aromatic rings. The first-order valence-electron chi connectivity index (χ1n) is 7.42. The van der Waals surface area contributed by atoms with E-state index in [1.165, 1.54) is 5.56 Å². The molecule has 0 bridgehead atoms. The van der Waals surface area contributed by atoms with E-state index in [0.717, 1.165) is 29.4 Å². The van der Waals surface area contributed by atoms with E-state index >= 15 is 0 Å². The summed E-state index contributed by atoms with van der Waals surface area (Å²) in [6.07, 6.45) is 7.19. The second-order valence-corrected chi connectivity index (χ2v) is 5.20. The largest absolute Gasteiger partial charge is 0.366 e. The molecule has 0 radical (unpaired) electrons. The zero-order chi connectivity index (χ0) is 15.5. The van der Waals surface area contributed by atoms with Gasteiger partial charge in [-0.05, 0) is 17.7 Å². The minimum absolute atomic E-state index is 0.744. The fourth-order valence-corrected chi connectivity index (χ4v) is 2.50. The van der Waals surface area contributed by atoms with E-state index < -0.39 is 0 Å². The van der Waals surface area contributed by atoms with Crippen LogP contribution in [0.5, 0.6) is 0 Å². The van der Waals surface area contributed by atoms with Crippen LogP contribution in [0, 0.1) is 0 Å². The highest BCUT2D eigenvalue weighted by atomic mass is 15.0. The van der Waals surface area contributed by atoms with Gasteiger partial charge in [-0.25, -0.2) is 9.97 Å². The molecule has 5 heteroatoms. The van der Waals surface area contributed by atoms with E-state index in [1.54, 1.807) is 12.4 Å². The van der Waals surface area contributed by atoms with Gasteiger partial charge in [0.1, 0.15) is 5.82 Å². The van der Waals surface area contributed by atoms with Gasteiger partial charge in [-0.3, -0.25) is 9.38 Å². The molecule has 0 saturated heterocycles. The number of nitrogens with zero attached hydrogens (tertiary/aromatic N) is 4. The van der Waals surface area contributed by atoms with Gasteiger partial charge < -0.3 is 5.32 Å². The van der Waals surface area contributed by atoms with E-state index in [-0.39, 0.29) is 0 Å². The van der Waals surface area contributed by atoms with Gasteiger partial charge in [-0.1, -0.05) is 36.4 Å². The number of imidazole rings is 1. The van der Waals surface area contributed by atoms with Crippen molar-refractivity contribution in [3.8, 4) is 11.4 Å². The smallest absolute Gasteiger partial charge is 0.155 e. The summed E-state index contributed by atoms with van der Waals surface area (Å²) in [5.41, 5.74) is 3.86. The van der Waals surface area contributed by atoms with Crippen molar-refractivity contribution in [1.82, 2.24) is 19.4 Å². The van der Waals surface area contributed by atoms with Gasteiger partial charge in [0.2, 0.25) is 0 Å². The summed E-state index contributed by atoms with van der Waals surface area (Å²) in [6.45, 7) is 0.744. The Labute approximate surface area is 133 Å². The fraction of sp³-hybridized carbons (Fsp3) is 0.0556. The summed E-state index contributed by atoms with van der Waals surface area (Å²) < 4.78 is 1.98. The molecule has 4 rings (SSSR count). The van der Waals surface area contributed by atoms with E-state index in [9.17, 15) is 0 Å². The van der Waals surface area contributed by atoms with Crippen molar-refractivity contribution < 1.29 is 0 Å². The number of fused-ring (bicyclic) bond motifs is 1. The first kappa shape index (κ1) is 13.5. The Morgan fingerprint density at radius 2 is 1.87 bits per heavy atom. The Kier molecular flexibility index (Phi) is 3.44. The Bertz CT molecular complexity index is 930. The summed E-state index contributed by atoms with van der Waals surface area (Å²) >= 11 is 0. The van der Waals surface area contributed by atoms with Crippen LogP contribution in [0.1, 0.15) is 5.56 Å². The van der Waals surface area contributed by atoms with Gasteiger partial charge in [-0.2, -0.15) is 0 Å². The Hall–Kier alpha value is -3.21. The molecule has 0 fully saturated rings. The summed E-state index contributed by atoms with van der Waals surface area (Å²) in [4.78, 5) is 13.1. The van der Waals surface area contributed by atoms with Crippen molar-refractivity contribution in [1.29, 1.82) is 0 Å². The van der Waals surface area contributed by atoms with E-state index in [2.05, 4.69) is 32.4 Å². The molecular weight excluding hydrogens is 286 g/mol. The Balaban J connectivity index is 1.61. The first-order chi connectivity index (χ1) is 11.4. The van der Waals surface area contributed by atoms with Crippen molar-refractivity contribution in [2.45, 2.75) is 6.54 Å². The van der Waals surface area contributed by atoms with Crippen molar-refractivity contribution in [2.24, 2.45) is 0 Å². The van der Waals surface area contributed by atoms with Crippen LogP contribution in [-0.2, 0) is 6.54 Å². The van der Waals surface area contributed by atoms with Crippen LogP contribution in [0.15, 0.2) is 73.3 Å². The maximum absolute atomic E-state index is 4.69. The summed E-state index contributed by atoms with van der Waals surface area (Å²) in [5, 5.41) is 3.36. The molecule has 0 saturated carbocycles. The molecule has 0 atom stereocenters. The molecule has 0 amide bonds. The predicted octanol–water partition coefficient (Wildman–Crippen LogP) is 3.40. The standard InChI is InChI=1S/C18H15N5/c1-2-5-14(6-3-1)11-20-17-8-4-7-15(22-17)16-12-21-18-13-19-9-10-23(16)18/h1-10,12-13H,11H2,(H,20,22). The fourth-order valence-electron chi connectivity index (χ4n) is 2.50. The molecule has 3 aromatic heterocycles. The van der Waals surface area contributed by atoms with Crippen LogP contribution in [0.3, 0.4) is 0 Å². The maximum Gasteiger partial charge on any atom is 0.155 e. The SMILES string of the molecule is c1ccc(CNc2cccc(-c3cnc4cnccn34)n2)cc1.